The average Bonchev–Trinajstić information content (AvgIpc) is 2.59. The second-order valence-corrected chi connectivity index (χ2v) is 5.71. The molecule has 2 aromatic rings. The van der Waals surface area contributed by atoms with E-state index in [4.69, 9.17) is 0 Å². The van der Waals surface area contributed by atoms with E-state index in [0.717, 1.165) is 5.52 Å². The van der Waals surface area contributed by atoms with E-state index in [0.29, 0.717) is 10.7 Å². The predicted molar refractivity (Wildman–Crippen MR) is 66.1 cm³/mol. The monoisotopic (exact) mass is 269 g/mol. The summed E-state index contributed by atoms with van der Waals surface area (Å²) in [6.07, 6.45) is 0. The molecule has 0 aliphatic rings. The number of aromatic nitrogens is 1. The van der Waals surface area contributed by atoms with Crippen LogP contribution in [-0.4, -0.2) is 4.98 Å². The highest BCUT2D eigenvalue weighted by Gasteiger charge is 2.15. The number of benzene rings is 1. The lowest BCUT2D eigenvalue weighted by Gasteiger charge is -2.08. The number of thiazole rings is 1. The Bertz CT molecular complexity index is 403. The Balaban J connectivity index is 2.45. The molecule has 1 nitrogen and oxygen atoms in total. The van der Waals surface area contributed by atoms with Crippen molar-refractivity contribution in [2.75, 3.05) is 0 Å². The summed E-state index contributed by atoms with van der Waals surface area (Å²) in [7, 11) is 0. The van der Waals surface area contributed by atoms with Gasteiger partial charge in [-0.25, -0.2) is 4.98 Å². The van der Waals surface area contributed by atoms with Crippen molar-refractivity contribution in [3.05, 3.63) is 29.3 Å². The van der Waals surface area contributed by atoms with E-state index in [9.17, 15) is 0 Å². The van der Waals surface area contributed by atoms with Crippen molar-refractivity contribution in [2.45, 2.75) is 18.7 Å². The molecule has 0 N–H and O–H groups in total. The van der Waals surface area contributed by atoms with Crippen LogP contribution in [0.1, 0.15) is 23.7 Å². The molecular weight excluding hydrogens is 258 g/mol. The lowest BCUT2D eigenvalue weighted by atomic mass is 10.1. The molecule has 1 aromatic carbocycles. The molecule has 0 fully saturated rings. The van der Waals surface area contributed by atoms with Gasteiger partial charge in [0.15, 0.2) is 0 Å². The van der Waals surface area contributed by atoms with Crippen molar-refractivity contribution < 1.29 is 0 Å². The van der Waals surface area contributed by atoms with Gasteiger partial charge in [0.05, 0.1) is 15.0 Å². The minimum absolute atomic E-state index is 0.375. The first kappa shape index (κ1) is 10.1. The van der Waals surface area contributed by atoms with Crippen molar-refractivity contribution in [3.63, 3.8) is 0 Å². The fourth-order valence-electron chi connectivity index (χ4n) is 1.29. The molecule has 74 valence electrons. The largest absolute Gasteiger partial charge is 0.240 e. The summed E-state index contributed by atoms with van der Waals surface area (Å²) in [6, 6.07) is 8.28. The van der Waals surface area contributed by atoms with Crippen LogP contribution < -0.4 is 0 Å². The second-order valence-electron chi connectivity index (χ2n) is 3.67. The maximum atomic E-state index is 4.61. The normalized spacial score (nSPS) is 13.7. The molecule has 0 aliphatic carbocycles. The zero-order chi connectivity index (χ0) is 10.1. The summed E-state index contributed by atoms with van der Waals surface area (Å²) < 4.78 is 1.27. The molecule has 0 bridgehead atoms. The van der Waals surface area contributed by atoms with E-state index in [1.165, 1.54) is 9.71 Å². The Morgan fingerprint density at radius 2 is 2.00 bits per heavy atom. The number of fused-ring (bicyclic) bond motifs is 1. The third kappa shape index (κ3) is 1.84. The van der Waals surface area contributed by atoms with Gasteiger partial charge in [0.25, 0.3) is 0 Å². The van der Waals surface area contributed by atoms with Crippen LogP contribution in [0, 0.1) is 5.92 Å². The van der Waals surface area contributed by atoms with Crippen LogP contribution in [0.2, 0.25) is 0 Å². The highest BCUT2D eigenvalue weighted by molar-refractivity contribution is 9.09. The average molecular weight is 270 g/mol. The standard InChI is InChI=1S/C11H12BrNS/c1-7(2)10(12)11-13-8-5-3-4-6-9(8)14-11/h3-7,10H,1-2H3. The quantitative estimate of drug-likeness (QED) is 0.737. The Labute approximate surface area is 96.3 Å². The Hall–Kier alpha value is -0.410. The number of halogens is 1. The van der Waals surface area contributed by atoms with Gasteiger partial charge in [0.2, 0.25) is 0 Å². The van der Waals surface area contributed by atoms with Gasteiger partial charge in [-0.2, -0.15) is 0 Å². The van der Waals surface area contributed by atoms with E-state index in [1.54, 1.807) is 11.3 Å². The molecule has 14 heavy (non-hydrogen) atoms. The first-order valence-electron chi connectivity index (χ1n) is 4.68. The molecule has 1 atom stereocenters. The molecule has 0 aliphatic heterocycles. The van der Waals surface area contributed by atoms with E-state index >= 15 is 0 Å². The molecule has 0 spiro atoms. The summed E-state index contributed by atoms with van der Waals surface area (Å²) in [4.78, 5) is 4.98. The molecule has 3 heteroatoms. The smallest absolute Gasteiger partial charge is 0.108 e. The van der Waals surface area contributed by atoms with Gasteiger partial charge in [-0.1, -0.05) is 41.9 Å². The van der Waals surface area contributed by atoms with Gasteiger partial charge in [-0.15, -0.1) is 11.3 Å². The molecule has 0 saturated carbocycles. The first-order valence-corrected chi connectivity index (χ1v) is 6.41. The summed E-state index contributed by atoms with van der Waals surface area (Å²) in [5.41, 5.74) is 1.11. The molecule has 2 rings (SSSR count). The van der Waals surface area contributed by atoms with Crippen LogP contribution in [-0.2, 0) is 0 Å². The maximum absolute atomic E-state index is 4.61. The predicted octanol–water partition coefficient (Wildman–Crippen LogP) is 4.39. The highest BCUT2D eigenvalue weighted by atomic mass is 79.9. The number of hydrogen-bond donors (Lipinski definition) is 0. The SMILES string of the molecule is CC(C)C(Br)c1nc2ccccc2s1. The molecule has 1 unspecified atom stereocenters. The summed E-state index contributed by atoms with van der Waals surface area (Å²) in [5.74, 6) is 0.579. The molecular formula is C11H12BrNS. The zero-order valence-corrected chi connectivity index (χ0v) is 10.6. The summed E-state index contributed by atoms with van der Waals surface area (Å²) in [6.45, 7) is 4.40. The first-order chi connectivity index (χ1) is 6.68. The maximum Gasteiger partial charge on any atom is 0.108 e. The topological polar surface area (TPSA) is 12.9 Å². The van der Waals surface area contributed by atoms with Crippen molar-refractivity contribution >= 4 is 37.5 Å². The number of nitrogens with zero attached hydrogens (tertiary/aromatic N) is 1. The molecule has 0 radical (unpaired) electrons. The lowest BCUT2D eigenvalue weighted by molar-refractivity contribution is 0.639. The van der Waals surface area contributed by atoms with Gasteiger partial charge in [0, 0.05) is 0 Å². The molecule has 0 saturated heterocycles. The van der Waals surface area contributed by atoms with E-state index in [1.807, 2.05) is 6.07 Å². The number of rotatable bonds is 2. The van der Waals surface area contributed by atoms with Crippen LogP contribution in [0.25, 0.3) is 10.2 Å². The van der Waals surface area contributed by atoms with Crippen LogP contribution in [0.4, 0.5) is 0 Å². The Morgan fingerprint density at radius 3 is 2.64 bits per heavy atom. The van der Waals surface area contributed by atoms with Crippen molar-refractivity contribution in [1.29, 1.82) is 0 Å². The van der Waals surface area contributed by atoms with Crippen molar-refractivity contribution in [1.82, 2.24) is 4.98 Å². The van der Waals surface area contributed by atoms with E-state index in [-0.39, 0.29) is 0 Å². The van der Waals surface area contributed by atoms with Crippen molar-refractivity contribution in [3.8, 4) is 0 Å². The molecule has 1 aromatic heterocycles. The molecule has 0 amide bonds. The van der Waals surface area contributed by atoms with Crippen LogP contribution in [0.15, 0.2) is 24.3 Å². The third-order valence-corrected chi connectivity index (χ3v) is 5.05. The number of para-hydroxylation sites is 1. The van der Waals surface area contributed by atoms with E-state index < -0.39 is 0 Å². The summed E-state index contributed by atoms with van der Waals surface area (Å²) >= 11 is 5.45. The van der Waals surface area contributed by atoms with Crippen LogP contribution in [0.3, 0.4) is 0 Å². The van der Waals surface area contributed by atoms with Gasteiger partial charge in [-0.3, -0.25) is 0 Å². The second kappa shape index (κ2) is 3.99. The third-order valence-electron chi connectivity index (χ3n) is 2.13. The molecule has 1 heterocycles. The van der Waals surface area contributed by atoms with Crippen LogP contribution >= 0.6 is 27.3 Å². The highest BCUT2D eigenvalue weighted by Crippen LogP contribution is 2.35. The zero-order valence-electron chi connectivity index (χ0n) is 8.20. The van der Waals surface area contributed by atoms with Crippen LogP contribution in [0.5, 0.6) is 0 Å². The Kier molecular flexibility index (Phi) is 2.88. The van der Waals surface area contributed by atoms with Gasteiger partial charge in [-0.05, 0) is 18.1 Å². The lowest BCUT2D eigenvalue weighted by Crippen LogP contribution is -1.97. The van der Waals surface area contributed by atoms with E-state index in [2.05, 4.69) is 53.0 Å². The van der Waals surface area contributed by atoms with Gasteiger partial charge < -0.3 is 0 Å². The van der Waals surface area contributed by atoms with Gasteiger partial charge in [0.1, 0.15) is 5.01 Å². The number of hydrogen-bond acceptors (Lipinski definition) is 2. The van der Waals surface area contributed by atoms with Crippen molar-refractivity contribution in [2.24, 2.45) is 5.92 Å². The minimum Gasteiger partial charge on any atom is -0.240 e. The minimum atomic E-state index is 0.375. The summed E-state index contributed by atoms with van der Waals surface area (Å²) in [5, 5.41) is 1.18. The fraction of sp³-hybridized carbons (Fsp3) is 0.364. The van der Waals surface area contributed by atoms with Gasteiger partial charge >= 0.3 is 0 Å². The number of alkyl halides is 1. The Morgan fingerprint density at radius 1 is 1.29 bits per heavy atom. The fourth-order valence-corrected chi connectivity index (χ4v) is 2.79.